The van der Waals surface area contributed by atoms with Gasteiger partial charge in [0.05, 0.1) is 5.56 Å². The normalized spacial score (nSPS) is 15.6. The van der Waals surface area contributed by atoms with Gasteiger partial charge in [-0.1, -0.05) is 26.7 Å². The van der Waals surface area contributed by atoms with Crippen LogP contribution >= 0.6 is 0 Å². The number of nitrogen functional groups attached to an aromatic ring is 1. The van der Waals surface area contributed by atoms with Crippen LogP contribution in [0.1, 0.15) is 49.9 Å². The summed E-state index contributed by atoms with van der Waals surface area (Å²) in [6.45, 7) is 5.10. The first-order chi connectivity index (χ1) is 9.61. The van der Waals surface area contributed by atoms with Crippen molar-refractivity contribution in [2.45, 2.75) is 45.6 Å². The van der Waals surface area contributed by atoms with E-state index in [4.69, 9.17) is 5.84 Å². The molecule has 0 spiro atoms. The Hall–Kier alpha value is -1.62. The summed E-state index contributed by atoms with van der Waals surface area (Å²) in [7, 11) is 0. The molecular weight excluding hydrogens is 252 g/mol. The SMILES string of the molecule is CC(C)CN(C(=O)c1ccc(NN)nc1)C1CCCC1. The average molecular weight is 276 g/mol. The summed E-state index contributed by atoms with van der Waals surface area (Å²) in [5.41, 5.74) is 3.11. The smallest absolute Gasteiger partial charge is 0.255 e. The maximum Gasteiger partial charge on any atom is 0.255 e. The summed E-state index contributed by atoms with van der Waals surface area (Å²) in [5, 5.41) is 0. The van der Waals surface area contributed by atoms with Crippen molar-refractivity contribution in [2.24, 2.45) is 11.8 Å². The summed E-state index contributed by atoms with van der Waals surface area (Å²) < 4.78 is 0. The van der Waals surface area contributed by atoms with Crippen molar-refractivity contribution in [3.63, 3.8) is 0 Å². The molecule has 3 N–H and O–H groups in total. The number of anilines is 1. The zero-order valence-electron chi connectivity index (χ0n) is 12.3. The lowest BCUT2D eigenvalue weighted by molar-refractivity contribution is 0.0655. The van der Waals surface area contributed by atoms with E-state index >= 15 is 0 Å². The van der Waals surface area contributed by atoms with Crippen molar-refractivity contribution in [3.8, 4) is 0 Å². The van der Waals surface area contributed by atoms with Crippen LogP contribution in [0.2, 0.25) is 0 Å². The van der Waals surface area contributed by atoms with Crippen LogP contribution in [0.15, 0.2) is 18.3 Å². The highest BCUT2D eigenvalue weighted by Crippen LogP contribution is 2.25. The molecule has 1 aliphatic carbocycles. The lowest BCUT2D eigenvalue weighted by atomic mass is 10.1. The summed E-state index contributed by atoms with van der Waals surface area (Å²) in [4.78, 5) is 18.9. The minimum Gasteiger partial charge on any atom is -0.335 e. The van der Waals surface area contributed by atoms with Gasteiger partial charge in [0.1, 0.15) is 5.82 Å². The van der Waals surface area contributed by atoms with Crippen molar-refractivity contribution in [1.82, 2.24) is 9.88 Å². The average Bonchev–Trinajstić information content (AvgIpc) is 2.98. The number of nitrogens with zero attached hydrogens (tertiary/aromatic N) is 2. The van der Waals surface area contributed by atoms with E-state index in [1.54, 1.807) is 18.3 Å². The van der Waals surface area contributed by atoms with Crippen LogP contribution in [0.5, 0.6) is 0 Å². The molecule has 1 aromatic heterocycles. The molecule has 5 heteroatoms. The largest absolute Gasteiger partial charge is 0.335 e. The molecule has 0 unspecified atom stereocenters. The maximum atomic E-state index is 12.7. The van der Waals surface area contributed by atoms with Crippen molar-refractivity contribution in [1.29, 1.82) is 0 Å². The van der Waals surface area contributed by atoms with Crippen LogP contribution < -0.4 is 11.3 Å². The van der Waals surface area contributed by atoms with Crippen LogP contribution in [-0.2, 0) is 0 Å². The van der Waals surface area contributed by atoms with Gasteiger partial charge in [0.25, 0.3) is 5.91 Å². The number of nitrogens with one attached hydrogen (secondary N) is 1. The predicted molar refractivity (Wildman–Crippen MR) is 80.2 cm³/mol. The van der Waals surface area contributed by atoms with Gasteiger partial charge in [0, 0.05) is 18.8 Å². The topological polar surface area (TPSA) is 71.2 Å². The monoisotopic (exact) mass is 276 g/mol. The third kappa shape index (κ3) is 3.48. The molecule has 0 aliphatic heterocycles. The van der Waals surface area contributed by atoms with Crippen LogP contribution in [0, 0.1) is 5.92 Å². The zero-order chi connectivity index (χ0) is 14.5. The molecule has 0 radical (unpaired) electrons. The fraction of sp³-hybridized carbons (Fsp3) is 0.600. The van der Waals surface area contributed by atoms with Gasteiger partial charge in [-0.25, -0.2) is 10.8 Å². The van der Waals surface area contributed by atoms with Gasteiger partial charge in [-0.05, 0) is 30.9 Å². The molecule has 1 aliphatic rings. The van der Waals surface area contributed by atoms with E-state index < -0.39 is 0 Å². The highest BCUT2D eigenvalue weighted by molar-refractivity contribution is 5.94. The van der Waals surface area contributed by atoms with Gasteiger partial charge >= 0.3 is 0 Å². The van der Waals surface area contributed by atoms with E-state index in [1.165, 1.54) is 12.8 Å². The molecule has 1 fully saturated rings. The van der Waals surface area contributed by atoms with Crippen molar-refractivity contribution in [3.05, 3.63) is 23.9 Å². The molecule has 0 atom stereocenters. The summed E-state index contributed by atoms with van der Waals surface area (Å²) >= 11 is 0. The van der Waals surface area contributed by atoms with Gasteiger partial charge in [0.15, 0.2) is 0 Å². The van der Waals surface area contributed by atoms with E-state index in [2.05, 4.69) is 24.3 Å². The third-order valence-corrected chi connectivity index (χ3v) is 3.75. The molecule has 1 aromatic rings. The number of amides is 1. The minimum atomic E-state index is 0.0849. The predicted octanol–water partition coefficient (Wildman–Crippen LogP) is 2.41. The van der Waals surface area contributed by atoms with Crippen LogP contribution in [0.4, 0.5) is 5.82 Å². The van der Waals surface area contributed by atoms with Crippen LogP contribution in [0.25, 0.3) is 0 Å². The number of carbonyl (C=O) groups excluding carboxylic acids is 1. The number of pyridine rings is 1. The number of rotatable bonds is 5. The Morgan fingerprint density at radius 3 is 2.65 bits per heavy atom. The molecule has 0 aromatic carbocycles. The lowest BCUT2D eigenvalue weighted by Crippen LogP contribution is -2.41. The van der Waals surface area contributed by atoms with Gasteiger partial charge in [-0.15, -0.1) is 0 Å². The second kappa shape index (κ2) is 6.70. The highest BCUT2D eigenvalue weighted by atomic mass is 16.2. The summed E-state index contributed by atoms with van der Waals surface area (Å²) in [6.07, 6.45) is 6.28. The Bertz CT molecular complexity index is 438. The number of hydrazine groups is 1. The minimum absolute atomic E-state index is 0.0849. The first kappa shape index (κ1) is 14.8. The molecule has 0 saturated heterocycles. The van der Waals surface area contributed by atoms with Crippen molar-refractivity contribution < 1.29 is 4.79 Å². The Labute approximate surface area is 120 Å². The fourth-order valence-corrected chi connectivity index (χ4v) is 2.78. The van der Waals surface area contributed by atoms with Crippen LogP contribution in [-0.4, -0.2) is 28.4 Å². The van der Waals surface area contributed by atoms with Crippen molar-refractivity contribution >= 4 is 11.7 Å². The van der Waals surface area contributed by atoms with E-state index in [-0.39, 0.29) is 5.91 Å². The van der Waals surface area contributed by atoms with E-state index in [0.717, 1.165) is 19.4 Å². The van der Waals surface area contributed by atoms with Gasteiger partial charge in [-0.3, -0.25) is 4.79 Å². The number of nitrogens with two attached hydrogens (primary N) is 1. The number of aromatic nitrogens is 1. The molecule has 20 heavy (non-hydrogen) atoms. The highest BCUT2D eigenvalue weighted by Gasteiger charge is 2.27. The first-order valence-corrected chi connectivity index (χ1v) is 7.35. The van der Waals surface area contributed by atoms with Gasteiger partial charge in [-0.2, -0.15) is 0 Å². The number of carbonyl (C=O) groups is 1. The quantitative estimate of drug-likeness (QED) is 0.640. The van der Waals surface area contributed by atoms with Crippen LogP contribution in [0.3, 0.4) is 0 Å². The van der Waals surface area contributed by atoms with E-state index in [9.17, 15) is 4.79 Å². The second-order valence-electron chi connectivity index (χ2n) is 5.87. The van der Waals surface area contributed by atoms with E-state index in [1.807, 2.05) is 4.90 Å². The molecule has 1 saturated carbocycles. The first-order valence-electron chi connectivity index (χ1n) is 7.35. The zero-order valence-corrected chi connectivity index (χ0v) is 12.3. The number of hydrogen-bond acceptors (Lipinski definition) is 4. The maximum absolute atomic E-state index is 12.7. The Morgan fingerprint density at radius 2 is 2.15 bits per heavy atom. The molecule has 5 nitrogen and oxygen atoms in total. The summed E-state index contributed by atoms with van der Waals surface area (Å²) in [6, 6.07) is 3.90. The van der Waals surface area contributed by atoms with Gasteiger partial charge < -0.3 is 10.3 Å². The third-order valence-electron chi connectivity index (χ3n) is 3.75. The molecular formula is C15H24N4O. The second-order valence-corrected chi connectivity index (χ2v) is 5.87. The molecule has 2 rings (SSSR count). The summed E-state index contributed by atoms with van der Waals surface area (Å²) in [5.74, 6) is 6.42. The molecule has 1 heterocycles. The lowest BCUT2D eigenvalue weighted by Gasteiger charge is -2.30. The molecule has 110 valence electrons. The standard InChI is InChI=1S/C15H24N4O/c1-11(2)10-19(13-5-3-4-6-13)15(20)12-7-8-14(18-16)17-9-12/h7-9,11,13H,3-6,10,16H2,1-2H3,(H,17,18). The van der Waals surface area contributed by atoms with Gasteiger partial charge in [0.2, 0.25) is 0 Å². The Balaban J connectivity index is 2.15. The molecule has 0 bridgehead atoms. The fourth-order valence-electron chi connectivity index (χ4n) is 2.78. The van der Waals surface area contributed by atoms with E-state index in [0.29, 0.717) is 23.3 Å². The Morgan fingerprint density at radius 1 is 1.45 bits per heavy atom. The molecule has 1 amide bonds. The van der Waals surface area contributed by atoms with Crippen molar-refractivity contribution in [2.75, 3.05) is 12.0 Å². The Kier molecular flexibility index (Phi) is 4.95. The number of hydrogen-bond donors (Lipinski definition) is 2.